The summed E-state index contributed by atoms with van der Waals surface area (Å²) in [5, 5.41) is 14.0. The molecule has 0 bridgehead atoms. The quantitative estimate of drug-likeness (QED) is 0.0357. The Hall–Kier alpha value is -0.500. The number of carbonyl (C=O) groups is 1. The molecule has 1 amide bonds. The van der Waals surface area contributed by atoms with Crippen LogP contribution in [-0.2, 0) is 18.4 Å². The van der Waals surface area contributed by atoms with E-state index in [1.165, 1.54) is 283 Å². The Morgan fingerprint density at radius 2 is 0.681 bits per heavy atom. The van der Waals surface area contributed by atoms with E-state index in [1.54, 1.807) is 0 Å². The molecule has 0 aliphatic carbocycles. The first-order chi connectivity index (χ1) is 35.0. The number of quaternary nitrogens is 1. The van der Waals surface area contributed by atoms with Gasteiger partial charge in [0, 0.05) is 6.42 Å². The molecule has 0 saturated carbocycles. The van der Waals surface area contributed by atoms with Crippen molar-refractivity contribution < 1.29 is 32.9 Å². The van der Waals surface area contributed by atoms with Gasteiger partial charge in [0.15, 0.2) is 0 Å². The second-order valence-corrected chi connectivity index (χ2v) is 25.3. The van der Waals surface area contributed by atoms with Crippen LogP contribution < -0.4 is 10.2 Å². The molecule has 72 heavy (non-hydrogen) atoms. The summed E-state index contributed by atoms with van der Waals surface area (Å²) in [6, 6.07) is -0.794. The lowest BCUT2D eigenvalue weighted by atomic mass is 10.0. The molecule has 3 unspecified atom stereocenters. The molecule has 0 saturated heterocycles. The van der Waals surface area contributed by atoms with Gasteiger partial charge in [0.05, 0.1) is 39.9 Å². The first kappa shape index (κ1) is 71.5. The van der Waals surface area contributed by atoms with Crippen LogP contribution in [0.1, 0.15) is 348 Å². The van der Waals surface area contributed by atoms with Crippen LogP contribution in [0.25, 0.3) is 0 Å². The van der Waals surface area contributed by atoms with E-state index in [1.807, 2.05) is 21.1 Å². The van der Waals surface area contributed by atoms with Crippen LogP contribution in [0.4, 0.5) is 0 Å². The van der Waals surface area contributed by atoms with E-state index in [0.717, 1.165) is 38.5 Å². The summed E-state index contributed by atoms with van der Waals surface area (Å²) in [4.78, 5) is 25.5. The molecule has 0 rings (SSSR count). The van der Waals surface area contributed by atoms with Crippen LogP contribution in [0.15, 0.2) is 0 Å². The van der Waals surface area contributed by atoms with Crippen molar-refractivity contribution in [3.8, 4) is 0 Å². The first-order valence-electron chi connectivity index (χ1n) is 32.4. The van der Waals surface area contributed by atoms with Crippen LogP contribution in [0.5, 0.6) is 0 Å². The summed E-state index contributed by atoms with van der Waals surface area (Å²) in [5.74, 6) is -0.157. The van der Waals surface area contributed by atoms with E-state index in [9.17, 15) is 19.4 Å². The summed E-state index contributed by atoms with van der Waals surface area (Å²) in [7, 11) is 1.32. The Kier molecular flexibility index (Phi) is 54.9. The number of hydrogen-bond donors (Lipinski definition) is 2. The number of carbonyl (C=O) groups excluding carboxylic acids is 1. The number of likely N-dealkylation sites (N-methyl/N-ethyl adjacent to an activating group) is 1. The highest BCUT2D eigenvalue weighted by Crippen LogP contribution is 2.38. The minimum absolute atomic E-state index is 0.0164. The fourth-order valence-electron chi connectivity index (χ4n) is 10.3. The Labute approximate surface area is 450 Å². The molecule has 0 aromatic rings. The van der Waals surface area contributed by atoms with Crippen molar-refractivity contribution in [1.82, 2.24) is 5.32 Å². The molecule has 0 heterocycles. The molecule has 8 nitrogen and oxygen atoms in total. The fraction of sp³-hybridized carbons (Fsp3) is 0.984. The van der Waals surface area contributed by atoms with Gasteiger partial charge in [-0.05, 0) is 12.8 Å². The van der Waals surface area contributed by atoms with Gasteiger partial charge in [0.2, 0.25) is 5.91 Å². The number of phosphoric acid groups is 1. The van der Waals surface area contributed by atoms with Crippen LogP contribution >= 0.6 is 7.82 Å². The number of hydrogen-bond acceptors (Lipinski definition) is 6. The molecule has 0 fully saturated rings. The van der Waals surface area contributed by atoms with Gasteiger partial charge in [-0.25, -0.2) is 0 Å². The van der Waals surface area contributed by atoms with Crippen molar-refractivity contribution in [2.75, 3.05) is 40.9 Å². The molecule has 3 atom stereocenters. The maximum Gasteiger partial charge on any atom is 0.268 e. The van der Waals surface area contributed by atoms with Crippen molar-refractivity contribution >= 4 is 13.7 Å². The van der Waals surface area contributed by atoms with Crippen LogP contribution in [0.2, 0.25) is 0 Å². The third-order valence-electron chi connectivity index (χ3n) is 15.3. The van der Waals surface area contributed by atoms with Gasteiger partial charge in [-0.3, -0.25) is 9.36 Å². The van der Waals surface area contributed by atoms with Crippen molar-refractivity contribution in [3.05, 3.63) is 0 Å². The van der Waals surface area contributed by atoms with Crippen LogP contribution in [-0.4, -0.2) is 68.5 Å². The van der Waals surface area contributed by atoms with E-state index < -0.39 is 20.0 Å². The second-order valence-electron chi connectivity index (χ2n) is 23.8. The molecule has 432 valence electrons. The molecule has 0 radical (unpaired) electrons. The van der Waals surface area contributed by atoms with E-state index >= 15 is 0 Å². The highest BCUT2D eigenvalue weighted by molar-refractivity contribution is 7.45. The number of unbranched alkanes of at least 4 members (excludes halogenated alkanes) is 48. The number of phosphoric ester groups is 1. The van der Waals surface area contributed by atoms with Crippen molar-refractivity contribution in [1.29, 1.82) is 0 Å². The minimum Gasteiger partial charge on any atom is -0.756 e. The largest absolute Gasteiger partial charge is 0.756 e. The van der Waals surface area contributed by atoms with Crippen molar-refractivity contribution in [2.45, 2.75) is 360 Å². The second kappa shape index (κ2) is 55.3. The lowest BCUT2D eigenvalue weighted by Crippen LogP contribution is -2.46. The Morgan fingerprint density at radius 3 is 0.944 bits per heavy atom. The average Bonchev–Trinajstić information content (AvgIpc) is 3.34. The molecular weight excluding hydrogens is 912 g/mol. The fourth-order valence-corrected chi connectivity index (χ4v) is 11.0. The van der Waals surface area contributed by atoms with Crippen LogP contribution in [0.3, 0.4) is 0 Å². The van der Waals surface area contributed by atoms with Gasteiger partial charge in [-0.1, -0.05) is 328 Å². The summed E-state index contributed by atoms with van der Waals surface area (Å²) >= 11 is 0. The van der Waals surface area contributed by atoms with Gasteiger partial charge in [0.1, 0.15) is 13.2 Å². The van der Waals surface area contributed by atoms with Crippen molar-refractivity contribution in [3.63, 3.8) is 0 Å². The minimum atomic E-state index is -4.56. The molecule has 2 N–H and O–H groups in total. The lowest BCUT2D eigenvalue weighted by molar-refractivity contribution is -0.870. The molecule has 9 heteroatoms. The third-order valence-corrected chi connectivity index (χ3v) is 16.3. The molecule has 0 spiro atoms. The number of amides is 1. The van der Waals surface area contributed by atoms with Gasteiger partial charge in [-0.15, -0.1) is 0 Å². The van der Waals surface area contributed by atoms with E-state index in [4.69, 9.17) is 9.05 Å². The first-order valence-corrected chi connectivity index (χ1v) is 33.8. The Morgan fingerprint density at radius 1 is 0.431 bits per heavy atom. The van der Waals surface area contributed by atoms with E-state index in [-0.39, 0.29) is 19.1 Å². The van der Waals surface area contributed by atoms with Gasteiger partial charge >= 0.3 is 0 Å². The number of aliphatic hydroxyl groups is 1. The maximum absolute atomic E-state index is 13.0. The molecule has 0 aromatic heterocycles. The highest BCUT2D eigenvalue weighted by Gasteiger charge is 2.24. The number of nitrogens with zero attached hydrogens (tertiary/aromatic N) is 1. The summed E-state index contributed by atoms with van der Waals surface area (Å²) in [6.45, 7) is 4.76. The zero-order chi connectivity index (χ0) is 52.7. The van der Waals surface area contributed by atoms with Gasteiger partial charge in [0.25, 0.3) is 7.82 Å². The van der Waals surface area contributed by atoms with Gasteiger partial charge < -0.3 is 28.8 Å². The van der Waals surface area contributed by atoms with Gasteiger partial charge in [-0.2, -0.15) is 0 Å². The third kappa shape index (κ3) is 57.2. The summed E-state index contributed by atoms with van der Waals surface area (Å²) < 4.78 is 23.4. The lowest BCUT2D eigenvalue weighted by Gasteiger charge is -2.30. The molecule has 0 aliphatic heterocycles. The molecular formula is C63H129N2O6P. The highest BCUT2D eigenvalue weighted by atomic mass is 31.2. The summed E-state index contributed by atoms with van der Waals surface area (Å²) in [5.41, 5.74) is 0. The standard InChI is InChI=1S/C63H129N2O6P/c1-6-8-10-12-14-16-18-20-21-22-23-24-25-26-27-28-29-30-31-32-33-34-35-36-37-38-39-40-41-42-43-44-45-47-49-51-53-55-57-63(67)64-61(60-71-72(68,69)70-59-58-65(3,4)5)62(66)56-54-52-50-48-46-19-17-15-13-11-9-7-2/h61-62,66H,6-60H2,1-5H3,(H-,64,67,68,69). The number of aliphatic hydroxyl groups excluding tert-OH is 1. The van der Waals surface area contributed by atoms with E-state index in [2.05, 4.69) is 19.2 Å². The Balaban J connectivity index is 3.79. The van der Waals surface area contributed by atoms with Crippen molar-refractivity contribution in [2.24, 2.45) is 0 Å². The number of nitrogens with one attached hydrogen (secondary N) is 1. The monoisotopic (exact) mass is 1040 g/mol. The SMILES string of the molecule is CCCCCCCCCCCCCCCCCCCCCCCCCCCCCCCCCCCCCCCCC(=O)NC(COP(=O)([O-])OCC[N+](C)(C)C)C(O)CCCCCCCCCCCCCC. The topological polar surface area (TPSA) is 108 Å². The predicted molar refractivity (Wildman–Crippen MR) is 312 cm³/mol. The number of rotatable bonds is 61. The molecule has 0 aromatic carbocycles. The Bertz CT molecular complexity index is 1140. The van der Waals surface area contributed by atoms with E-state index in [0.29, 0.717) is 23.9 Å². The summed E-state index contributed by atoms with van der Waals surface area (Å²) in [6.07, 6.45) is 67.6. The average molecular weight is 1040 g/mol. The smallest absolute Gasteiger partial charge is 0.268 e. The van der Waals surface area contributed by atoms with Crippen LogP contribution in [0, 0.1) is 0 Å². The predicted octanol–water partition coefficient (Wildman–Crippen LogP) is 19.4. The maximum atomic E-state index is 13.0. The molecule has 0 aliphatic rings. The normalized spacial score (nSPS) is 13.7. The zero-order valence-corrected chi connectivity index (χ0v) is 50.3. The zero-order valence-electron chi connectivity index (χ0n) is 49.4.